The highest BCUT2D eigenvalue weighted by Gasteiger charge is 2.09. The Kier molecular flexibility index (Phi) is 20.5. The van der Waals surface area contributed by atoms with Gasteiger partial charge in [-0.15, -0.1) is 0 Å². The molecule has 7 nitrogen and oxygen atoms in total. The summed E-state index contributed by atoms with van der Waals surface area (Å²) in [4.78, 5) is 37.9. The minimum absolute atomic E-state index is 0.0989. The van der Waals surface area contributed by atoms with Gasteiger partial charge in [0.1, 0.15) is 0 Å². The Morgan fingerprint density at radius 1 is 0.516 bits per heavy atom. The fourth-order valence-corrected chi connectivity index (χ4v) is 3.27. The average molecular weight is 441 g/mol. The molecule has 0 heterocycles. The van der Waals surface area contributed by atoms with E-state index in [0.717, 1.165) is 57.8 Å². The Hall–Kier alpha value is -1.63. The van der Waals surface area contributed by atoms with Gasteiger partial charge in [0.15, 0.2) is 0 Å². The Morgan fingerprint density at radius 3 is 1.06 bits per heavy atom. The minimum atomic E-state index is 0.0989. The molecule has 182 valence electrons. The predicted molar refractivity (Wildman–Crippen MR) is 128 cm³/mol. The number of hydrogen-bond acceptors (Lipinski definition) is 4. The molecule has 0 aliphatic rings. The molecule has 31 heavy (non-hydrogen) atoms. The van der Waals surface area contributed by atoms with Crippen LogP contribution in [0.4, 0.5) is 0 Å². The summed E-state index contributed by atoms with van der Waals surface area (Å²) in [5.74, 6) is 0.297. The Balaban J connectivity index is 4.26. The zero-order chi connectivity index (χ0) is 23.2. The summed E-state index contributed by atoms with van der Waals surface area (Å²) in [5.41, 5.74) is 0. The van der Waals surface area contributed by atoms with Crippen molar-refractivity contribution < 1.29 is 14.4 Å². The van der Waals surface area contributed by atoms with Gasteiger partial charge in [0.05, 0.1) is 0 Å². The molecule has 0 aliphatic heterocycles. The number of nitrogens with one attached hydrogen (secondary N) is 3. The molecule has 0 spiro atoms. The largest absolute Gasteiger partial charge is 0.355 e. The second-order valence-corrected chi connectivity index (χ2v) is 8.26. The maximum Gasteiger partial charge on any atom is 0.220 e. The molecule has 0 unspecified atom stereocenters. The van der Waals surface area contributed by atoms with Crippen molar-refractivity contribution in [3.63, 3.8) is 0 Å². The van der Waals surface area contributed by atoms with Crippen LogP contribution in [-0.4, -0.2) is 61.9 Å². The topological polar surface area (TPSA) is 90.5 Å². The fraction of sp³-hybridized carbons (Fsp3) is 0.875. The monoisotopic (exact) mass is 440 g/mol. The van der Waals surface area contributed by atoms with E-state index in [9.17, 15) is 14.4 Å². The Labute approximate surface area is 190 Å². The highest BCUT2D eigenvalue weighted by molar-refractivity contribution is 5.76. The zero-order valence-corrected chi connectivity index (χ0v) is 20.4. The van der Waals surface area contributed by atoms with Gasteiger partial charge in [0, 0.05) is 58.5 Å². The third-order valence-corrected chi connectivity index (χ3v) is 5.27. The standard InChI is InChI=1S/C24H48N4O3/c1-4-7-10-13-22(29)25-16-19-28(20-17-26-23(30)14-11-8-5-2)21-18-27-24(31)15-12-9-6-3/h4-21H2,1-3H3,(H,25,29)(H,26,30)(H,27,31). The number of rotatable bonds is 21. The first kappa shape index (κ1) is 29.4. The van der Waals surface area contributed by atoms with Gasteiger partial charge < -0.3 is 16.0 Å². The summed E-state index contributed by atoms with van der Waals surface area (Å²) >= 11 is 0. The van der Waals surface area contributed by atoms with Crippen LogP contribution in [0.1, 0.15) is 97.8 Å². The van der Waals surface area contributed by atoms with Gasteiger partial charge in [0.25, 0.3) is 0 Å². The van der Waals surface area contributed by atoms with E-state index in [-0.39, 0.29) is 17.7 Å². The quantitative estimate of drug-likeness (QED) is 0.239. The first-order chi connectivity index (χ1) is 15.0. The Morgan fingerprint density at radius 2 is 0.806 bits per heavy atom. The predicted octanol–water partition coefficient (Wildman–Crippen LogP) is 3.38. The molecular formula is C24H48N4O3. The molecule has 0 atom stereocenters. The second-order valence-electron chi connectivity index (χ2n) is 8.26. The maximum atomic E-state index is 11.9. The van der Waals surface area contributed by atoms with E-state index in [4.69, 9.17) is 0 Å². The van der Waals surface area contributed by atoms with E-state index in [2.05, 4.69) is 41.6 Å². The van der Waals surface area contributed by atoms with Gasteiger partial charge in [-0.2, -0.15) is 0 Å². The molecule has 0 aromatic carbocycles. The van der Waals surface area contributed by atoms with Crippen molar-refractivity contribution in [1.82, 2.24) is 20.9 Å². The molecule has 0 aromatic heterocycles. The lowest BCUT2D eigenvalue weighted by Gasteiger charge is -2.23. The maximum absolute atomic E-state index is 11.9. The first-order valence-electron chi connectivity index (χ1n) is 12.6. The normalized spacial score (nSPS) is 10.8. The molecule has 0 fully saturated rings. The van der Waals surface area contributed by atoms with Gasteiger partial charge in [-0.05, 0) is 19.3 Å². The van der Waals surface area contributed by atoms with Crippen LogP contribution in [0.5, 0.6) is 0 Å². The molecule has 0 aliphatic carbocycles. The number of carbonyl (C=O) groups excluding carboxylic acids is 3. The molecule has 0 saturated heterocycles. The van der Waals surface area contributed by atoms with Crippen molar-refractivity contribution in [1.29, 1.82) is 0 Å². The number of amides is 3. The third kappa shape index (κ3) is 20.0. The van der Waals surface area contributed by atoms with Crippen LogP contribution >= 0.6 is 0 Å². The lowest BCUT2D eigenvalue weighted by atomic mass is 10.2. The lowest BCUT2D eigenvalue weighted by Crippen LogP contribution is -2.43. The summed E-state index contributed by atoms with van der Waals surface area (Å²) in [5, 5.41) is 8.95. The van der Waals surface area contributed by atoms with Crippen molar-refractivity contribution in [3.05, 3.63) is 0 Å². The summed E-state index contributed by atoms with van der Waals surface area (Å²) in [7, 11) is 0. The van der Waals surface area contributed by atoms with Crippen LogP contribution in [0.25, 0.3) is 0 Å². The van der Waals surface area contributed by atoms with E-state index in [1.54, 1.807) is 0 Å². The van der Waals surface area contributed by atoms with Gasteiger partial charge in [0.2, 0.25) is 17.7 Å². The molecule has 7 heteroatoms. The molecule has 0 radical (unpaired) electrons. The molecular weight excluding hydrogens is 392 g/mol. The van der Waals surface area contributed by atoms with Gasteiger partial charge in [-0.25, -0.2) is 0 Å². The van der Waals surface area contributed by atoms with Crippen molar-refractivity contribution in [3.8, 4) is 0 Å². The van der Waals surface area contributed by atoms with Crippen LogP contribution in [-0.2, 0) is 14.4 Å². The smallest absolute Gasteiger partial charge is 0.220 e. The number of unbranched alkanes of at least 4 members (excludes halogenated alkanes) is 6. The first-order valence-corrected chi connectivity index (χ1v) is 12.6. The van der Waals surface area contributed by atoms with Gasteiger partial charge in [-0.3, -0.25) is 19.3 Å². The van der Waals surface area contributed by atoms with E-state index in [1.165, 1.54) is 0 Å². The van der Waals surface area contributed by atoms with E-state index in [0.29, 0.717) is 58.5 Å². The summed E-state index contributed by atoms with van der Waals surface area (Å²) < 4.78 is 0. The summed E-state index contributed by atoms with van der Waals surface area (Å²) in [6.07, 6.45) is 11.1. The number of carbonyl (C=O) groups is 3. The van der Waals surface area contributed by atoms with Crippen LogP contribution in [0.15, 0.2) is 0 Å². The van der Waals surface area contributed by atoms with Crippen molar-refractivity contribution in [2.45, 2.75) is 97.8 Å². The lowest BCUT2D eigenvalue weighted by molar-refractivity contribution is -0.121. The molecule has 0 aromatic rings. The highest BCUT2D eigenvalue weighted by atomic mass is 16.2. The van der Waals surface area contributed by atoms with Crippen LogP contribution < -0.4 is 16.0 Å². The molecule has 3 amide bonds. The van der Waals surface area contributed by atoms with Gasteiger partial charge >= 0.3 is 0 Å². The minimum Gasteiger partial charge on any atom is -0.355 e. The van der Waals surface area contributed by atoms with E-state index in [1.807, 2.05) is 0 Å². The number of hydrogen-bond donors (Lipinski definition) is 3. The third-order valence-electron chi connectivity index (χ3n) is 5.27. The van der Waals surface area contributed by atoms with Crippen molar-refractivity contribution >= 4 is 17.7 Å². The van der Waals surface area contributed by atoms with Crippen LogP contribution in [0.2, 0.25) is 0 Å². The molecule has 0 bridgehead atoms. The molecule has 0 saturated carbocycles. The van der Waals surface area contributed by atoms with E-state index < -0.39 is 0 Å². The van der Waals surface area contributed by atoms with Crippen molar-refractivity contribution in [2.24, 2.45) is 0 Å². The molecule has 0 rings (SSSR count). The highest BCUT2D eigenvalue weighted by Crippen LogP contribution is 2.00. The summed E-state index contributed by atoms with van der Waals surface area (Å²) in [6.45, 7) is 10.2. The zero-order valence-electron chi connectivity index (χ0n) is 20.4. The molecule has 3 N–H and O–H groups in total. The van der Waals surface area contributed by atoms with Crippen LogP contribution in [0, 0.1) is 0 Å². The summed E-state index contributed by atoms with van der Waals surface area (Å²) in [6, 6.07) is 0. The van der Waals surface area contributed by atoms with Gasteiger partial charge in [-0.1, -0.05) is 59.3 Å². The second kappa shape index (κ2) is 21.6. The van der Waals surface area contributed by atoms with Crippen LogP contribution in [0.3, 0.4) is 0 Å². The average Bonchev–Trinajstić information content (AvgIpc) is 2.74. The number of nitrogens with zero attached hydrogens (tertiary/aromatic N) is 1. The van der Waals surface area contributed by atoms with E-state index >= 15 is 0 Å². The van der Waals surface area contributed by atoms with Crippen molar-refractivity contribution in [2.75, 3.05) is 39.3 Å². The SMILES string of the molecule is CCCCCC(=O)NCCN(CCNC(=O)CCCCC)CCNC(=O)CCCCC. The Bertz CT molecular complexity index is 405. The fourth-order valence-electron chi connectivity index (χ4n) is 3.27.